The molecule has 130 valence electrons. The van der Waals surface area contributed by atoms with Gasteiger partial charge in [-0.3, -0.25) is 4.99 Å². The number of benzene rings is 2. The summed E-state index contributed by atoms with van der Waals surface area (Å²) in [5, 5.41) is 4.03. The van der Waals surface area contributed by atoms with Gasteiger partial charge in [0.05, 0.1) is 17.3 Å². The van der Waals surface area contributed by atoms with Crippen LogP contribution in [0.2, 0.25) is 10.0 Å². The number of thioether (sulfide) groups is 1. The van der Waals surface area contributed by atoms with E-state index in [9.17, 15) is 9.18 Å². The second kappa shape index (κ2) is 7.64. The fourth-order valence-electron chi connectivity index (χ4n) is 2.27. The number of hydrogen-bond acceptors (Lipinski definition) is 3. The van der Waals surface area contributed by atoms with E-state index in [-0.39, 0.29) is 10.3 Å². The van der Waals surface area contributed by atoms with Gasteiger partial charge in [0, 0.05) is 16.0 Å². The van der Waals surface area contributed by atoms with E-state index in [0.29, 0.717) is 28.1 Å². The van der Waals surface area contributed by atoms with Crippen molar-refractivity contribution in [3.8, 4) is 0 Å². The number of nitrogens with zero attached hydrogens (tertiary/aromatic N) is 2. The molecule has 1 heterocycles. The van der Waals surface area contributed by atoms with E-state index in [1.165, 1.54) is 34.9 Å². The Kier molecular flexibility index (Phi) is 5.51. The van der Waals surface area contributed by atoms with Crippen LogP contribution >= 0.6 is 35.0 Å². The number of carbonyl (C=O) groups is 1. The summed E-state index contributed by atoms with van der Waals surface area (Å²) >= 11 is 13.3. The molecular weight excluding hydrogens is 384 g/mol. The van der Waals surface area contributed by atoms with Crippen molar-refractivity contribution in [2.45, 2.75) is 12.2 Å². The molecule has 8 heteroatoms. The first-order chi connectivity index (χ1) is 11.9. The van der Waals surface area contributed by atoms with Crippen molar-refractivity contribution in [1.82, 2.24) is 0 Å². The zero-order valence-corrected chi connectivity index (χ0v) is 15.5. The molecule has 1 N–H and O–H groups in total. The summed E-state index contributed by atoms with van der Waals surface area (Å²) in [6.45, 7) is 2.67. The highest BCUT2D eigenvalue weighted by molar-refractivity contribution is 8.15. The van der Waals surface area contributed by atoms with E-state index in [0.717, 1.165) is 0 Å². The second-order valence-electron chi connectivity index (χ2n) is 5.43. The van der Waals surface area contributed by atoms with E-state index in [2.05, 4.69) is 10.3 Å². The number of anilines is 2. The van der Waals surface area contributed by atoms with Crippen LogP contribution in [0.4, 0.5) is 20.6 Å². The first kappa shape index (κ1) is 18.0. The lowest BCUT2D eigenvalue weighted by Gasteiger charge is -2.23. The molecule has 0 fully saturated rings. The van der Waals surface area contributed by atoms with E-state index in [4.69, 9.17) is 23.2 Å². The Morgan fingerprint density at radius 1 is 1.32 bits per heavy atom. The number of rotatable bonds is 2. The first-order valence-electron chi connectivity index (χ1n) is 7.47. The Balaban J connectivity index is 1.90. The standard InChI is InChI=1S/C17H14Cl2FN3OS/c1-10-9-21-17(25-10)23(13-4-2-3-11(18)7-13)16(24)22-12-5-6-15(20)14(19)8-12/h2-8,10H,9H2,1H3,(H,22,24)/t10-/m0/s1. The lowest BCUT2D eigenvalue weighted by molar-refractivity contribution is 0.259. The number of aliphatic imine (C=N–C) groups is 1. The minimum absolute atomic E-state index is 0.0618. The van der Waals surface area contributed by atoms with Gasteiger partial charge in [-0.1, -0.05) is 48.0 Å². The van der Waals surface area contributed by atoms with Crippen molar-refractivity contribution in [2.75, 3.05) is 16.8 Å². The lowest BCUT2D eigenvalue weighted by Crippen LogP contribution is -2.38. The highest BCUT2D eigenvalue weighted by Crippen LogP contribution is 2.29. The monoisotopic (exact) mass is 397 g/mol. The molecule has 0 unspecified atom stereocenters. The summed E-state index contributed by atoms with van der Waals surface area (Å²) in [7, 11) is 0. The Labute approximate surface area is 159 Å². The highest BCUT2D eigenvalue weighted by atomic mass is 35.5. The van der Waals surface area contributed by atoms with Crippen molar-refractivity contribution in [2.24, 2.45) is 4.99 Å². The summed E-state index contributed by atoms with van der Waals surface area (Å²) in [5.41, 5.74) is 0.985. The molecule has 25 heavy (non-hydrogen) atoms. The van der Waals surface area contributed by atoms with Gasteiger partial charge in [-0.2, -0.15) is 0 Å². The fourth-order valence-corrected chi connectivity index (χ4v) is 3.58. The van der Waals surface area contributed by atoms with Gasteiger partial charge >= 0.3 is 6.03 Å². The number of amides is 2. The van der Waals surface area contributed by atoms with Crippen molar-refractivity contribution in [3.05, 3.63) is 58.3 Å². The van der Waals surface area contributed by atoms with Crippen LogP contribution in [0.3, 0.4) is 0 Å². The first-order valence-corrected chi connectivity index (χ1v) is 9.10. The van der Waals surface area contributed by atoms with Gasteiger partial charge in [0.15, 0.2) is 5.17 Å². The molecule has 4 nitrogen and oxygen atoms in total. The lowest BCUT2D eigenvalue weighted by atomic mass is 10.3. The zero-order valence-electron chi connectivity index (χ0n) is 13.2. The number of halogens is 3. The number of carbonyl (C=O) groups excluding carboxylic acids is 1. The van der Waals surface area contributed by atoms with Crippen LogP contribution < -0.4 is 10.2 Å². The summed E-state index contributed by atoms with van der Waals surface area (Å²) in [4.78, 5) is 18.7. The molecule has 1 aliphatic rings. The number of amidine groups is 1. The van der Waals surface area contributed by atoms with Gasteiger partial charge in [0.2, 0.25) is 0 Å². The van der Waals surface area contributed by atoms with E-state index in [1.807, 2.05) is 6.92 Å². The molecule has 1 aliphatic heterocycles. The largest absolute Gasteiger partial charge is 0.332 e. The van der Waals surface area contributed by atoms with Gasteiger partial charge in [-0.15, -0.1) is 0 Å². The van der Waals surface area contributed by atoms with Gasteiger partial charge in [-0.25, -0.2) is 14.1 Å². The molecule has 2 amide bonds. The predicted octanol–water partition coefficient (Wildman–Crippen LogP) is 5.66. The highest BCUT2D eigenvalue weighted by Gasteiger charge is 2.27. The third kappa shape index (κ3) is 4.26. The summed E-state index contributed by atoms with van der Waals surface area (Å²) in [5.74, 6) is -0.545. The molecular formula is C17H14Cl2FN3OS. The SMILES string of the molecule is C[C@H]1CN=C(N(C(=O)Nc2ccc(F)c(Cl)c2)c2cccc(Cl)c2)S1. The second-order valence-corrected chi connectivity index (χ2v) is 7.68. The maximum Gasteiger partial charge on any atom is 0.332 e. The summed E-state index contributed by atoms with van der Waals surface area (Å²) in [6, 6.07) is 10.5. The maximum atomic E-state index is 13.3. The van der Waals surface area contributed by atoms with Gasteiger partial charge in [0.25, 0.3) is 0 Å². The zero-order chi connectivity index (χ0) is 18.0. The van der Waals surface area contributed by atoms with Crippen LogP contribution in [-0.4, -0.2) is 23.0 Å². The normalized spacial score (nSPS) is 16.5. The molecule has 0 spiro atoms. The quantitative estimate of drug-likeness (QED) is 0.709. The Bertz CT molecular complexity index is 846. The van der Waals surface area contributed by atoms with Crippen molar-refractivity contribution >= 4 is 57.5 Å². The topological polar surface area (TPSA) is 44.7 Å². The molecule has 2 aromatic rings. The maximum absolute atomic E-state index is 13.3. The smallest absolute Gasteiger partial charge is 0.307 e. The molecule has 1 atom stereocenters. The van der Waals surface area contributed by atoms with Gasteiger partial charge in [-0.05, 0) is 36.4 Å². The van der Waals surface area contributed by atoms with Crippen LogP contribution in [0.25, 0.3) is 0 Å². The molecule has 0 aliphatic carbocycles. The predicted molar refractivity (Wildman–Crippen MR) is 104 cm³/mol. The Morgan fingerprint density at radius 3 is 2.76 bits per heavy atom. The van der Waals surface area contributed by atoms with E-state index >= 15 is 0 Å². The van der Waals surface area contributed by atoms with Crippen molar-refractivity contribution in [1.29, 1.82) is 0 Å². The fraction of sp³-hybridized carbons (Fsp3) is 0.176. The number of hydrogen-bond donors (Lipinski definition) is 1. The number of urea groups is 1. The molecule has 2 aromatic carbocycles. The van der Waals surface area contributed by atoms with Crippen LogP contribution in [0.5, 0.6) is 0 Å². The van der Waals surface area contributed by atoms with Gasteiger partial charge < -0.3 is 5.32 Å². The molecule has 0 bridgehead atoms. The third-order valence-corrected chi connectivity index (χ3v) is 5.02. The van der Waals surface area contributed by atoms with Crippen LogP contribution in [0, 0.1) is 5.82 Å². The van der Waals surface area contributed by atoms with E-state index in [1.54, 1.807) is 24.3 Å². The van der Waals surface area contributed by atoms with E-state index < -0.39 is 11.8 Å². The van der Waals surface area contributed by atoms with Crippen LogP contribution in [-0.2, 0) is 0 Å². The van der Waals surface area contributed by atoms with Crippen molar-refractivity contribution < 1.29 is 9.18 Å². The Morgan fingerprint density at radius 2 is 2.12 bits per heavy atom. The van der Waals surface area contributed by atoms with Crippen LogP contribution in [0.1, 0.15) is 6.92 Å². The average molecular weight is 398 g/mol. The third-order valence-electron chi connectivity index (χ3n) is 3.42. The average Bonchev–Trinajstić information content (AvgIpc) is 2.97. The summed E-state index contributed by atoms with van der Waals surface area (Å²) < 4.78 is 13.3. The minimum Gasteiger partial charge on any atom is -0.307 e. The number of nitrogens with one attached hydrogen (secondary N) is 1. The molecule has 0 saturated carbocycles. The molecule has 0 radical (unpaired) electrons. The molecule has 3 rings (SSSR count). The molecule has 0 aromatic heterocycles. The van der Waals surface area contributed by atoms with Crippen LogP contribution in [0.15, 0.2) is 47.5 Å². The Hall–Kier alpha value is -1.76. The van der Waals surface area contributed by atoms with Crippen molar-refractivity contribution in [3.63, 3.8) is 0 Å². The molecule has 0 saturated heterocycles. The minimum atomic E-state index is -0.545. The summed E-state index contributed by atoms with van der Waals surface area (Å²) in [6.07, 6.45) is 0. The van der Waals surface area contributed by atoms with Gasteiger partial charge in [0.1, 0.15) is 5.82 Å².